The maximum absolute atomic E-state index is 12.7. The lowest BCUT2D eigenvalue weighted by Crippen LogP contribution is -2.50. The molecule has 1 atom stereocenters. The number of nitrogens with one attached hydrogen (secondary N) is 2. The lowest BCUT2D eigenvalue weighted by atomic mass is 10.0. The fraction of sp³-hybridized carbons (Fsp3) is 0.375. The summed E-state index contributed by atoms with van der Waals surface area (Å²) in [5.41, 5.74) is 1.65. The van der Waals surface area contributed by atoms with Gasteiger partial charge in [-0.3, -0.25) is 14.4 Å². The molecular formula is C24H30N2O4. The second-order valence-corrected chi connectivity index (χ2v) is 7.23. The van der Waals surface area contributed by atoms with Crippen LogP contribution in [0.3, 0.4) is 0 Å². The van der Waals surface area contributed by atoms with Crippen LogP contribution in [-0.2, 0) is 27.2 Å². The van der Waals surface area contributed by atoms with Crippen LogP contribution in [0.25, 0.3) is 0 Å². The average Bonchev–Trinajstić information content (AvgIpc) is 2.77. The molecule has 0 spiro atoms. The van der Waals surface area contributed by atoms with E-state index in [1.54, 1.807) is 12.1 Å². The number of Topliss-reactive ketones (excluding diaryl/α,β-unsaturated/α-hetero) is 1. The first-order chi connectivity index (χ1) is 14.6. The van der Waals surface area contributed by atoms with Gasteiger partial charge in [0.15, 0.2) is 0 Å². The number of unbranched alkanes of at least 4 members (excludes halogenated alkanes) is 3. The van der Waals surface area contributed by atoms with Gasteiger partial charge in [-0.2, -0.15) is 0 Å². The minimum absolute atomic E-state index is 0.00277. The van der Waals surface area contributed by atoms with E-state index >= 15 is 0 Å². The number of carbonyl (C=O) groups excluding carboxylic acids is 3. The molecule has 2 amide bonds. The highest BCUT2D eigenvalue weighted by molar-refractivity contribution is 6.37. The quantitative estimate of drug-likeness (QED) is 0.348. The lowest BCUT2D eigenvalue weighted by Gasteiger charge is -2.18. The Morgan fingerprint density at radius 3 is 2.03 bits per heavy atom. The van der Waals surface area contributed by atoms with E-state index in [0.29, 0.717) is 13.0 Å². The van der Waals surface area contributed by atoms with E-state index in [4.69, 9.17) is 5.11 Å². The van der Waals surface area contributed by atoms with E-state index in [1.165, 1.54) is 0 Å². The van der Waals surface area contributed by atoms with Gasteiger partial charge in [-0.1, -0.05) is 73.5 Å². The van der Waals surface area contributed by atoms with Gasteiger partial charge < -0.3 is 15.7 Å². The molecule has 6 heteroatoms. The van der Waals surface area contributed by atoms with Crippen LogP contribution in [0.15, 0.2) is 60.7 Å². The Balaban J connectivity index is 1.93. The highest BCUT2D eigenvalue weighted by atomic mass is 16.3. The van der Waals surface area contributed by atoms with Crippen LogP contribution in [0, 0.1) is 0 Å². The predicted octanol–water partition coefficient (Wildman–Crippen LogP) is 2.19. The third-order valence-electron chi connectivity index (χ3n) is 4.75. The second-order valence-electron chi connectivity index (χ2n) is 7.23. The molecule has 0 fully saturated rings. The van der Waals surface area contributed by atoms with Crippen LogP contribution in [0.4, 0.5) is 0 Å². The van der Waals surface area contributed by atoms with Crippen molar-refractivity contribution in [3.63, 3.8) is 0 Å². The van der Waals surface area contributed by atoms with Gasteiger partial charge >= 0.3 is 0 Å². The van der Waals surface area contributed by atoms with Crippen molar-refractivity contribution in [1.82, 2.24) is 10.6 Å². The number of hydrogen-bond donors (Lipinski definition) is 3. The zero-order chi connectivity index (χ0) is 21.6. The van der Waals surface area contributed by atoms with Crippen molar-refractivity contribution < 1.29 is 19.5 Å². The first-order valence-electron chi connectivity index (χ1n) is 10.4. The molecule has 0 heterocycles. The summed E-state index contributed by atoms with van der Waals surface area (Å²) in [6, 6.07) is 17.6. The minimum Gasteiger partial charge on any atom is -0.396 e. The Bertz CT molecular complexity index is 793. The molecule has 6 nitrogen and oxygen atoms in total. The van der Waals surface area contributed by atoms with Gasteiger partial charge in [0, 0.05) is 26.0 Å². The first kappa shape index (κ1) is 23.3. The highest BCUT2D eigenvalue weighted by Crippen LogP contribution is 2.05. The van der Waals surface area contributed by atoms with Crippen molar-refractivity contribution in [2.45, 2.75) is 44.6 Å². The molecule has 0 radical (unpaired) electrons. The molecule has 0 saturated heterocycles. The second kappa shape index (κ2) is 13.3. The molecule has 3 N–H and O–H groups in total. The number of rotatable bonds is 13. The molecule has 0 bridgehead atoms. The molecule has 0 aliphatic rings. The Morgan fingerprint density at radius 2 is 1.40 bits per heavy atom. The zero-order valence-electron chi connectivity index (χ0n) is 17.2. The first-order valence-corrected chi connectivity index (χ1v) is 10.4. The molecule has 2 rings (SSSR count). The van der Waals surface area contributed by atoms with E-state index in [2.05, 4.69) is 10.6 Å². The van der Waals surface area contributed by atoms with E-state index in [1.807, 2.05) is 48.5 Å². The van der Waals surface area contributed by atoms with E-state index < -0.39 is 17.7 Å². The van der Waals surface area contributed by atoms with Crippen LogP contribution in [-0.4, -0.2) is 41.9 Å². The standard InChI is InChI=1S/C24H30N2O4/c27-16-10-2-1-9-15-25-23(29)21(17-19-11-5-3-6-12-19)26-24(30)22(28)18-20-13-7-4-8-14-20/h3-8,11-14,21,27H,1-2,9-10,15-18H2,(H,25,29)(H,26,30)/t21-/m0/s1. The normalized spacial score (nSPS) is 11.5. The van der Waals surface area contributed by atoms with Gasteiger partial charge in [-0.05, 0) is 24.0 Å². The maximum atomic E-state index is 12.7. The summed E-state index contributed by atoms with van der Waals surface area (Å²) in [4.78, 5) is 37.4. The lowest BCUT2D eigenvalue weighted by molar-refractivity contribution is -0.139. The number of benzene rings is 2. The van der Waals surface area contributed by atoms with Crippen LogP contribution in [0.2, 0.25) is 0 Å². The zero-order valence-corrected chi connectivity index (χ0v) is 17.2. The summed E-state index contributed by atoms with van der Waals surface area (Å²) < 4.78 is 0. The highest BCUT2D eigenvalue weighted by Gasteiger charge is 2.24. The van der Waals surface area contributed by atoms with Crippen LogP contribution in [0.5, 0.6) is 0 Å². The molecule has 30 heavy (non-hydrogen) atoms. The third kappa shape index (κ3) is 8.57. The van der Waals surface area contributed by atoms with E-state index in [0.717, 1.165) is 36.8 Å². The van der Waals surface area contributed by atoms with Gasteiger partial charge in [-0.15, -0.1) is 0 Å². The summed E-state index contributed by atoms with van der Waals surface area (Å²) in [6.07, 6.45) is 3.67. The minimum atomic E-state index is -0.822. The Kier molecular flexibility index (Phi) is 10.3. The molecule has 0 aliphatic carbocycles. The van der Waals surface area contributed by atoms with E-state index in [9.17, 15) is 14.4 Å². The van der Waals surface area contributed by atoms with Crippen LogP contribution < -0.4 is 10.6 Å². The molecule has 2 aromatic carbocycles. The third-order valence-corrected chi connectivity index (χ3v) is 4.75. The summed E-state index contributed by atoms with van der Waals surface area (Å²) in [5.74, 6) is -1.63. The molecule has 0 aliphatic heterocycles. The number of amides is 2. The van der Waals surface area contributed by atoms with Crippen molar-refractivity contribution in [2.24, 2.45) is 0 Å². The summed E-state index contributed by atoms with van der Waals surface area (Å²) in [6.45, 7) is 0.665. The van der Waals surface area contributed by atoms with E-state index in [-0.39, 0.29) is 18.9 Å². The largest absolute Gasteiger partial charge is 0.396 e. The Morgan fingerprint density at radius 1 is 0.800 bits per heavy atom. The van der Waals surface area contributed by atoms with Crippen LogP contribution in [0.1, 0.15) is 36.8 Å². The molecular weight excluding hydrogens is 380 g/mol. The van der Waals surface area contributed by atoms with Gasteiger partial charge in [0.1, 0.15) is 6.04 Å². The smallest absolute Gasteiger partial charge is 0.288 e. The maximum Gasteiger partial charge on any atom is 0.288 e. The van der Waals surface area contributed by atoms with Crippen molar-refractivity contribution in [3.05, 3.63) is 71.8 Å². The predicted molar refractivity (Wildman–Crippen MR) is 116 cm³/mol. The fourth-order valence-electron chi connectivity index (χ4n) is 3.08. The van der Waals surface area contributed by atoms with Gasteiger partial charge in [0.2, 0.25) is 11.7 Å². The van der Waals surface area contributed by atoms with Crippen molar-refractivity contribution >= 4 is 17.6 Å². The molecule has 0 aromatic heterocycles. The SMILES string of the molecule is O=C(Cc1ccccc1)C(=O)N[C@@H](Cc1ccccc1)C(=O)NCCCCCCO. The average molecular weight is 411 g/mol. The van der Waals surface area contributed by atoms with Crippen molar-refractivity contribution in [2.75, 3.05) is 13.2 Å². The fourth-order valence-corrected chi connectivity index (χ4v) is 3.08. The molecule has 160 valence electrons. The topological polar surface area (TPSA) is 95.5 Å². The number of ketones is 1. The van der Waals surface area contributed by atoms with Gasteiger partial charge in [0.05, 0.1) is 0 Å². The number of aliphatic hydroxyl groups excluding tert-OH is 1. The molecule has 0 unspecified atom stereocenters. The summed E-state index contributed by atoms with van der Waals surface area (Å²) in [7, 11) is 0. The molecule has 0 saturated carbocycles. The van der Waals surface area contributed by atoms with Crippen molar-refractivity contribution in [3.8, 4) is 0 Å². The van der Waals surface area contributed by atoms with Gasteiger partial charge in [0.25, 0.3) is 5.91 Å². The Hall–Kier alpha value is -2.99. The summed E-state index contributed by atoms with van der Waals surface area (Å²) in [5, 5.41) is 14.3. The van der Waals surface area contributed by atoms with Crippen molar-refractivity contribution in [1.29, 1.82) is 0 Å². The number of aliphatic hydroxyl groups is 1. The van der Waals surface area contributed by atoms with Gasteiger partial charge in [-0.25, -0.2) is 0 Å². The molecule has 2 aromatic rings. The number of carbonyl (C=O) groups is 3. The monoisotopic (exact) mass is 410 g/mol. The summed E-state index contributed by atoms with van der Waals surface area (Å²) >= 11 is 0. The Labute approximate surface area is 177 Å². The number of hydrogen-bond acceptors (Lipinski definition) is 4. The van der Waals surface area contributed by atoms with Crippen LogP contribution >= 0.6 is 0 Å².